The summed E-state index contributed by atoms with van der Waals surface area (Å²) in [6.07, 6.45) is 9.59. The Bertz CT molecular complexity index is 256. The van der Waals surface area contributed by atoms with Crippen LogP contribution in [0.25, 0.3) is 0 Å². The van der Waals surface area contributed by atoms with Crippen molar-refractivity contribution in [3.63, 3.8) is 0 Å². The maximum atomic E-state index is 11.7. The van der Waals surface area contributed by atoms with Crippen molar-refractivity contribution in [2.24, 2.45) is 0 Å². The van der Waals surface area contributed by atoms with E-state index in [1.165, 1.54) is 45.2 Å². The minimum absolute atomic E-state index is 0.218. The van der Waals surface area contributed by atoms with E-state index in [0.29, 0.717) is 12.5 Å². The SMILES string of the molecule is O=C(CC1CCCN1)NCCCN1CCCCCC1. The molecule has 0 bridgehead atoms. The average molecular weight is 267 g/mol. The molecule has 0 aliphatic carbocycles. The van der Waals surface area contributed by atoms with Crippen LogP contribution in [0.3, 0.4) is 0 Å². The highest BCUT2D eigenvalue weighted by atomic mass is 16.1. The Hall–Kier alpha value is -0.610. The first-order valence-electron chi connectivity index (χ1n) is 8.07. The van der Waals surface area contributed by atoms with E-state index in [1.807, 2.05) is 0 Å². The number of carbonyl (C=O) groups is 1. The fourth-order valence-corrected chi connectivity index (χ4v) is 3.12. The monoisotopic (exact) mass is 267 g/mol. The maximum absolute atomic E-state index is 11.7. The van der Waals surface area contributed by atoms with Crippen LogP contribution in [-0.4, -0.2) is 49.6 Å². The summed E-state index contributed by atoms with van der Waals surface area (Å²) in [6, 6.07) is 0.422. The van der Waals surface area contributed by atoms with E-state index in [2.05, 4.69) is 15.5 Å². The van der Waals surface area contributed by atoms with Gasteiger partial charge in [0, 0.05) is 19.0 Å². The predicted molar refractivity (Wildman–Crippen MR) is 78.2 cm³/mol. The lowest BCUT2D eigenvalue weighted by molar-refractivity contribution is -0.121. The van der Waals surface area contributed by atoms with E-state index in [0.717, 1.165) is 32.5 Å². The zero-order chi connectivity index (χ0) is 13.3. The number of likely N-dealkylation sites (tertiary alicyclic amines) is 1. The molecule has 2 rings (SSSR count). The van der Waals surface area contributed by atoms with E-state index in [1.54, 1.807) is 0 Å². The first-order chi connectivity index (χ1) is 9.34. The molecule has 2 aliphatic rings. The molecule has 1 unspecified atom stereocenters. The van der Waals surface area contributed by atoms with Gasteiger partial charge in [0.2, 0.25) is 5.91 Å². The van der Waals surface area contributed by atoms with Crippen molar-refractivity contribution in [1.82, 2.24) is 15.5 Å². The van der Waals surface area contributed by atoms with Crippen LogP contribution in [0, 0.1) is 0 Å². The molecule has 19 heavy (non-hydrogen) atoms. The van der Waals surface area contributed by atoms with Gasteiger partial charge in [0.25, 0.3) is 0 Å². The first-order valence-corrected chi connectivity index (χ1v) is 8.07. The quantitative estimate of drug-likeness (QED) is 0.717. The van der Waals surface area contributed by atoms with Gasteiger partial charge < -0.3 is 15.5 Å². The number of carbonyl (C=O) groups excluding carboxylic acids is 1. The van der Waals surface area contributed by atoms with Crippen molar-refractivity contribution < 1.29 is 4.79 Å². The van der Waals surface area contributed by atoms with Crippen LogP contribution in [0.5, 0.6) is 0 Å². The Morgan fingerprint density at radius 1 is 1.16 bits per heavy atom. The normalized spacial score (nSPS) is 25.2. The Labute approximate surface area is 117 Å². The number of rotatable bonds is 6. The van der Waals surface area contributed by atoms with Crippen LogP contribution in [0.2, 0.25) is 0 Å². The molecule has 0 saturated carbocycles. The molecular weight excluding hydrogens is 238 g/mol. The third-order valence-electron chi connectivity index (χ3n) is 4.27. The highest BCUT2D eigenvalue weighted by molar-refractivity contribution is 5.76. The second-order valence-electron chi connectivity index (χ2n) is 5.96. The molecule has 0 aromatic carbocycles. The van der Waals surface area contributed by atoms with Gasteiger partial charge in [0.1, 0.15) is 0 Å². The van der Waals surface area contributed by atoms with Gasteiger partial charge in [0.05, 0.1) is 0 Å². The topological polar surface area (TPSA) is 44.4 Å². The Balaban J connectivity index is 1.49. The number of nitrogens with zero attached hydrogens (tertiary/aromatic N) is 1. The molecule has 2 saturated heterocycles. The average Bonchev–Trinajstić information content (AvgIpc) is 2.76. The van der Waals surface area contributed by atoms with Crippen LogP contribution in [0.15, 0.2) is 0 Å². The van der Waals surface area contributed by atoms with Crippen LogP contribution < -0.4 is 10.6 Å². The highest BCUT2D eigenvalue weighted by Crippen LogP contribution is 2.10. The summed E-state index contributed by atoms with van der Waals surface area (Å²) in [6.45, 7) is 5.55. The Morgan fingerprint density at radius 2 is 1.95 bits per heavy atom. The predicted octanol–water partition coefficient (Wildman–Crippen LogP) is 1.51. The number of nitrogens with one attached hydrogen (secondary N) is 2. The van der Waals surface area contributed by atoms with Gasteiger partial charge in [-0.2, -0.15) is 0 Å². The summed E-state index contributed by atoms with van der Waals surface area (Å²) in [5, 5.41) is 6.43. The molecule has 2 heterocycles. The summed E-state index contributed by atoms with van der Waals surface area (Å²) in [4.78, 5) is 14.3. The maximum Gasteiger partial charge on any atom is 0.221 e. The van der Waals surface area contributed by atoms with Crippen molar-refractivity contribution in [3.8, 4) is 0 Å². The lowest BCUT2D eigenvalue weighted by Crippen LogP contribution is -2.34. The molecule has 0 aromatic heterocycles. The van der Waals surface area contributed by atoms with Gasteiger partial charge in [-0.1, -0.05) is 12.8 Å². The highest BCUT2D eigenvalue weighted by Gasteiger charge is 2.17. The van der Waals surface area contributed by atoms with Crippen LogP contribution in [0.1, 0.15) is 51.4 Å². The standard InChI is InChI=1S/C15H29N3O/c19-15(13-14-7-5-8-16-14)17-9-6-12-18-10-3-1-2-4-11-18/h14,16H,1-13H2,(H,17,19). The molecule has 1 atom stereocenters. The first kappa shape index (κ1) is 14.8. The molecule has 4 nitrogen and oxygen atoms in total. The van der Waals surface area contributed by atoms with Crippen molar-refractivity contribution in [3.05, 3.63) is 0 Å². The molecule has 0 spiro atoms. The Morgan fingerprint density at radius 3 is 2.63 bits per heavy atom. The second kappa shape index (κ2) is 8.54. The third kappa shape index (κ3) is 5.91. The zero-order valence-electron chi connectivity index (χ0n) is 12.1. The minimum atomic E-state index is 0.218. The van der Waals surface area contributed by atoms with Crippen molar-refractivity contribution in [2.45, 2.75) is 57.4 Å². The fraction of sp³-hybridized carbons (Fsp3) is 0.933. The van der Waals surface area contributed by atoms with Crippen LogP contribution in [-0.2, 0) is 4.79 Å². The van der Waals surface area contributed by atoms with Gasteiger partial charge in [-0.15, -0.1) is 0 Å². The lowest BCUT2D eigenvalue weighted by Gasteiger charge is -2.19. The molecule has 1 amide bonds. The van der Waals surface area contributed by atoms with Gasteiger partial charge in [-0.25, -0.2) is 0 Å². The molecule has 4 heteroatoms. The van der Waals surface area contributed by atoms with Crippen molar-refractivity contribution in [1.29, 1.82) is 0 Å². The number of amides is 1. The second-order valence-corrected chi connectivity index (χ2v) is 5.96. The van der Waals surface area contributed by atoms with Crippen LogP contribution in [0.4, 0.5) is 0 Å². The van der Waals surface area contributed by atoms with Crippen LogP contribution >= 0.6 is 0 Å². The number of hydrogen-bond donors (Lipinski definition) is 2. The number of hydrogen-bond acceptors (Lipinski definition) is 3. The molecule has 0 radical (unpaired) electrons. The lowest BCUT2D eigenvalue weighted by atomic mass is 10.1. The van der Waals surface area contributed by atoms with Gasteiger partial charge in [-0.05, 0) is 58.3 Å². The van der Waals surface area contributed by atoms with E-state index in [4.69, 9.17) is 0 Å². The Kier molecular flexibility index (Phi) is 6.65. The van der Waals surface area contributed by atoms with E-state index in [-0.39, 0.29) is 5.91 Å². The van der Waals surface area contributed by atoms with Gasteiger partial charge in [-0.3, -0.25) is 4.79 Å². The summed E-state index contributed by atoms with van der Waals surface area (Å²) in [7, 11) is 0. The molecule has 2 aliphatic heterocycles. The molecule has 110 valence electrons. The van der Waals surface area contributed by atoms with E-state index < -0.39 is 0 Å². The van der Waals surface area contributed by atoms with Gasteiger partial charge in [0.15, 0.2) is 0 Å². The summed E-state index contributed by atoms with van der Waals surface area (Å²) in [5.41, 5.74) is 0. The smallest absolute Gasteiger partial charge is 0.221 e. The largest absolute Gasteiger partial charge is 0.356 e. The molecule has 2 fully saturated rings. The minimum Gasteiger partial charge on any atom is -0.356 e. The summed E-state index contributed by atoms with van der Waals surface area (Å²) in [5.74, 6) is 0.218. The summed E-state index contributed by atoms with van der Waals surface area (Å²) >= 11 is 0. The molecule has 0 aromatic rings. The zero-order valence-corrected chi connectivity index (χ0v) is 12.1. The molecular formula is C15H29N3O. The van der Waals surface area contributed by atoms with E-state index in [9.17, 15) is 4.79 Å². The van der Waals surface area contributed by atoms with Crippen molar-refractivity contribution >= 4 is 5.91 Å². The van der Waals surface area contributed by atoms with Crippen molar-refractivity contribution in [2.75, 3.05) is 32.7 Å². The van der Waals surface area contributed by atoms with Gasteiger partial charge >= 0.3 is 0 Å². The third-order valence-corrected chi connectivity index (χ3v) is 4.27. The van der Waals surface area contributed by atoms with E-state index >= 15 is 0 Å². The fourth-order valence-electron chi connectivity index (χ4n) is 3.12. The molecule has 2 N–H and O–H groups in total. The summed E-state index contributed by atoms with van der Waals surface area (Å²) < 4.78 is 0.